The third-order valence-corrected chi connectivity index (χ3v) is 5.89. The molecule has 24 heavy (non-hydrogen) atoms. The van der Waals surface area contributed by atoms with Crippen LogP contribution in [0.3, 0.4) is 0 Å². The van der Waals surface area contributed by atoms with E-state index in [4.69, 9.17) is 0 Å². The number of aryl methyl sites for hydroxylation is 1. The van der Waals surface area contributed by atoms with Crippen molar-refractivity contribution in [3.8, 4) is 0 Å². The summed E-state index contributed by atoms with van der Waals surface area (Å²) < 4.78 is 48.8. The number of amides is 1. The lowest BCUT2D eigenvalue weighted by Crippen LogP contribution is -2.30. The van der Waals surface area contributed by atoms with Gasteiger partial charge in [-0.15, -0.1) is 11.3 Å². The molecule has 0 aliphatic heterocycles. The van der Waals surface area contributed by atoms with E-state index in [1.54, 1.807) is 12.3 Å². The van der Waals surface area contributed by atoms with Crippen LogP contribution in [0.4, 0.5) is 8.78 Å². The normalized spacial score (nSPS) is 13.0. The van der Waals surface area contributed by atoms with Crippen LogP contribution >= 0.6 is 11.3 Å². The second-order valence-corrected chi connectivity index (χ2v) is 7.83. The highest BCUT2D eigenvalue weighted by Crippen LogP contribution is 2.24. The molecule has 2 aromatic rings. The average molecular weight is 375 g/mol. The van der Waals surface area contributed by atoms with Crippen LogP contribution in [-0.2, 0) is 9.84 Å². The maximum atomic E-state index is 12.7. The fourth-order valence-corrected chi connectivity index (χ4v) is 3.94. The van der Waals surface area contributed by atoms with Crippen molar-refractivity contribution in [1.29, 1.82) is 0 Å². The van der Waals surface area contributed by atoms with Crippen molar-refractivity contribution in [3.05, 3.63) is 51.7 Å². The number of aliphatic hydroxyl groups is 1. The van der Waals surface area contributed by atoms with Gasteiger partial charge in [0.25, 0.3) is 5.91 Å². The molecule has 0 saturated heterocycles. The Bertz CT molecular complexity index is 834. The summed E-state index contributed by atoms with van der Waals surface area (Å²) in [5, 5.41) is 14.2. The van der Waals surface area contributed by atoms with Crippen LogP contribution < -0.4 is 5.32 Å². The molecule has 0 radical (unpaired) electrons. The van der Waals surface area contributed by atoms with Crippen molar-refractivity contribution in [2.24, 2.45) is 0 Å². The van der Waals surface area contributed by atoms with E-state index in [9.17, 15) is 27.1 Å². The molecule has 2 rings (SSSR count). The second kappa shape index (κ2) is 7.37. The SMILES string of the molecule is Cc1ccsc1[C@@H](O)CNC(=O)c1ccccc1S(=O)(=O)C(F)F. The molecule has 5 nitrogen and oxygen atoms in total. The van der Waals surface area contributed by atoms with Gasteiger partial charge < -0.3 is 10.4 Å². The Balaban J connectivity index is 2.18. The largest absolute Gasteiger partial charge is 0.386 e. The number of sulfone groups is 1. The first kappa shape index (κ1) is 18.5. The van der Waals surface area contributed by atoms with E-state index in [0.717, 1.165) is 17.7 Å². The lowest BCUT2D eigenvalue weighted by Gasteiger charge is -2.13. The minimum atomic E-state index is -4.90. The van der Waals surface area contributed by atoms with Crippen molar-refractivity contribution in [1.82, 2.24) is 5.32 Å². The molecule has 0 bridgehead atoms. The van der Waals surface area contributed by atoms with Gasteiger partial charge in [0.2, 0.25) is 9.84 Å². The third-order valence-electron chi connectivity index (χ3n) is 3.33. The molecule has 9 heteroatoms. The summed E-state index contributed by atoms with van der Waals surface area (Å²) in [6.45, 7) is 1.64. The summed E-state index contributed by atoms with van der Waals surface area (Å²) in [5.41, 5.74) is 0.482. The fraction of sp³-hybridized carbons (Fsp3) is 0.267. The molecular weight excluding hydrogens is 360 g/mol. The minimum absolute atomic E-state index is 0.163. The molecular formula is C15H15F2NO4S2. The lowest BCUT2D eigenvalue weighted by molar-refractivity contribution is 0.0914. The molecule has 1 atom stereocenters. The number of alkyl halides is 2. The molecule has 0 spiro atoms. The van der Waals surface area contributed by atoms with Gasteiger partial charge in [0.15, 0.2) is 0 Å². The number of rotatable bonds is 6. The number of hydrogen-bond donors (Lipinski definition) is 2. The van der Waals surface area contributed by atoms with Crippen LogP contribution in [0.2, 0.25) is 0 Å². The predicted molar refractivity (Wildman–Crippen MR) is 86.0 cm³/mol. The number of hydrogen-bond acceptors (Lipinski definition) is 5. The maximum absolute atomic E-state index is 12.7. The Morgan fingerprint density at radius 2 is 1.96 bits per heavy atom. The lowest BCUT2D eigenvalue weighted by atomic mass is 10.2. The Morgan fingerprint density at radius 1 is 1.29 bits per heavy atom. The van der Waals surface area contributed by atoms with Crippen LogP contribution in [0.5, 0.6) is 0 Å². The van der Waals surface area contributed by atoms with Gasteiger partial charge >= 0.3 is 5.76 Å². The number of carbonyl (C=O) groups excluding carboxylic acids is 1. The number of halogens is 2. The molecule has 1 amide bonds. The van der Waals surface area contributed by atoms with Crippen LogP contribution in [0.25, 0.3) is 0 Å². The molecule has 1 heterocycles. The Morgan fingerprint density at radius 3 is 2.54 bits per heavy atom. The fourth-order valence-electron chi connectivity index (χ4n) is 2.10. The Kier molecular flexibility index (Phi) is 5.68. The van der Waals surface area contributed by atoms with Crippen molar-refractivity contribution in [2.75, 3.05) is 6.54 Å². The number of benzene rings is 1. The summed E-state index contributed by atoms with van der Waals surface area (Å²) >= 11 is 1.32. The molecule has 0 aliphatic rings. The van der Waals surface area contributed by atoms with E-state index in [1.165, 1.54) is 23.5 Å². The maximum Gasteiger partial charge on any atom is 0.341 e. The molecule has 130 valence electrons. The van der Waals surface area contributed by atoms with Gasteiger partial charge in [-0.2, -0.15) is 8.78 Å². The topological polar surface area (TPSA) is 83.5 Å². The quantitative estimate of drug-likeness (QED) is 0.813. The highest BCUT2D eigenvalue weighted by Gasteiger charge is 2.30. The first-order chi connectivity index (χ1) is 11.2. The zero-order valence-electron chi connectivity index (χ0n) is 12.6. The van der Waals surface area contributed by atoms with Gasteiger partial charge in [0, 0.05) is 11.4 Å². The van der Waals surface area contributed by atoms with Crippen LogP contribution in [0.15, 0.2) is 40.6 Å². The van der Waals surface area contributed by atoms with E-state index in [2.05, 4.69) is 5.32 Å². The van der Waals surface area contributed by atoms with Crippen molar-refractivity contribution in [3.63, 3.8) is 0 Å². The molecule has 0 saturated carbocycles. The van der Waals surface area contributed by atoms with Crippen LogP contribution in [0, 0.1) is 6.92 Å². The van der Waals surface area contributed by atoms with Gasteiger partial charge in [-0.1, -0.05) is 12.1 Å². The molecule has 0 fully saturated rings. The van der Waals surface area contributed by atoms with Gasteiger partial charge in [-0.3, -0.25) is 4.79 Å². The zero-order chi connectivity index (χ0) is 17.9. The summed E-state index contributed by atoms with van der Waals surface area (Å²) in [6, 6.07) is 6.55. The summed E-state index contributed by atoms with van der Waals surface area (Å²) in [7, 11) is -4.90. The van der Waals surface area contributed by atoms with Crippen molar-refractivity contribution in [2.45, 2.75) is 23.7 Å². The first-order valence-electron chi connectivity index (χ1n) is 6.86. The summed E-state index contributed by atoms with van der Waals surface area (Å²) in [4.78, 5) is 12.1. The highest BCUT2D eigenvalue weighted by molar-refractivity contribution is 7.91. The Labute approximate surface area is 141 Å². The Hall–Kier alpha value is -1.84. The number of carbonyl (C=O) groups is 1. The van der Waals surface area contributed by atoms with Gasteiger partial charge in [0.1, 0.15) is 6.10 Å². The zero-order valence-corrected chi connectivity index (χ0v) is 14.2. The van der Waals surface area contributed by atoms with Crippen molar-refractivity contribution < 1.29 is 27.1 Å². The number of nitrogens with one attached hydrogen (secondary N) is 1. The summed E-state index contributed by atoms with van der Waals surface area (Å²) in [5.74, 6) is -4.46. The number of aliphatic hydroxyl groups excluding tert-OH is 1. The van der Waals surface area contributed by atoms with Gasteiger partial charge in [0.05, 0.1) is 10.5 Å². The van der Waals surface area contributed by atoms with Crippen LogP contribution in [-0.4, -0.2) is 31.7 Å². The number of thiophene rings is 1. The van der Waals surface area contributed by atoms with E-state index in [0.29, 0.717) is 4.88 Å². The summed E-state index contributed by atoms with van der Waals surface area (Å²) in [6.07, 6.45) is -0.965. The van der Waals surface area contributed by atoms with E-state index in [-0.39, 0.29) is 12.1 Å². The van der Waals surface area contributed by atoms with Crippen LogP contribution in [0.1, 0.15) is 26.9 Å². The van der Waals surface area contributed by atoms with Crippen molar-refractivity contribution >= 4 is 27.1 Å². The van der Waals surface area contributed by atoms with E-state index in [1.807, 2.05) is 6.07 Å². The van der Waals surface area contributed by atoms with E-state index < -0.39 is 32.5 Å². The molecule has 0 aliphatic carbocycles. The third kappa shape index (κ3) is 3.80. The molecule has 0 unspecified atom stereocenters. The minimum Gasteiger partial charge on any atom is -0.386 e. The van der Waals surface area contributed by atoms with Gasteiger partial charge in [-0.25, -0.2) is 8.42 Å². The van der Waals surface area contributed by atoms with E-state index >= 15 is 0 Å². The molecule has 1 aromatic carbocycles. The average Bonchev–Trinajstić information content (AvgIpc) is 2.98. The van der Waals surface area contributed by atoms with Gasteiger partial charge in [-0.05, 0) is 36.1 Å². The monoisotopic (exact) mass is 375 g/mol. The second-order valence-electron chi connectivity index (χ2n) is 5.00. The molecule has 1 aromatic heterocycles. The highest BCUT2D eigenvalue weighted by atomic mass is 32.2. The first-order valence-corrected chi connectivity index (χ1v) is 9.29. The molecule has 2 N–H and O–H groups in total. The standard InChI is InChI=1S/C15H15F2NO4S2/c1-9-6-7-23-13(9)11(19)8-18-14(20)10-4-2-3-5-12(10)24(21,22)15(16)17/h2-7,11,15,19H,8H2,1H3,(H,18,20)/t11-/m0/s1. The predicted octanol–water partition coefficient (Wildman–Crippen LogP) is 2.52. The smallest absolute Gasteiger partial charge is 0.341 e.